The SMILES string of the molecule is Cc1nnc(-c2ccc3cnc(NC(=O)CC4CN(C)CCO4)cc3c2)s1. The van der Waals surface area contributed by atoms with Crippen molar-refractivity contribution in [3.8, 4) is 10.6 Å². The highest BCUT2D eigenvalue weighted by Crippen LogP contribution is 2.27. The van der Waals surface area contributed by atoms with E-state index in [0.29, 0.717) is 18.8 Å². The topological polar surface area (TPSA) is 80.2 Å². The first-order chi connectivity index (χ1) is 13.1. The summed E-state index contributed by atoms with van der Waals surface area (Å²) in [6.45, 7) is 4.27. The number of nitrogens with one attached hydrogen (secondary N) is 1. The highest BCUT2D eigenvalue weighted by molar-refractivity contribution is 7.14. The number of likely N-dealkylation sites (N-methyl/N-ethyl adjacent to an activating group) is 1. The summed E-state index contributed by atoms with van der Waals surface area (Å²) in [6, 6.07) is 7.95. The van der Waals surface area contributed by atoms with Gasteiger partial charge in [0.15, 0.2) is 0 Å². The zero-order chi connectivity index (χ0) is 18.8. The molecule has 0 aliphatic carbocycles. The summed E-state index contributed by atoms with van der Waals surface area (Å²) in [7, 11) is 2.04. The molecule has 7 nitrogen and oxygen atoms in total. The van der Waals surface area contributed by atoms with Gasteiger partial charge in [0.2, 0.25) is 5.91 Å². The van der Waals surface area contributed by atoms with Gasteiger partial charge in [0.1, 0.15) is 15.8 Å². The van der Waals surface area contributed by atoms with Crippen LogP contribution in [-0.2, 0) is 9.53 Å². The number of benzene rings is 1. The molecular weight excluding hydrogens is 362 g/mol. The summed E-state index contributed by atoms with van der Waals surface area (Å²) in [6.07, 6.45) is 2.02. The van der Waals surface area contributed by atoms with Gasteiger partial charge in [-0.05, 0) is 31.5 Å². The Hall–Kier alpha value is -2.42. The van der Waals surface area contributed by atoms with Gasteiger partial charge < -0.3 is 15.0 Å². The van der Waals surface area contributed by atoms with Crippen LogP contribution in [0.3, 0.4) is 0 Å². The van der Waals surface area contributed by atoms with E-state index < -0.39 is 0 Å². The lowest BCUT2D eigenvalue weighted by atomic mass is 10.1. The number of ether oxygens (including phenoxy) is 1. The van der Waals surface area contributed by atoms with Crippen LogP contribution in [-0.4, -0.2) is 58.8 Å². The number of pyridine rings is 1. The Kier molecular flexibility index (Phi) is 5.11. The predicted molar refractivity (Wildman–Crippen MR) is 106 cm³/mol. The summed E-state index contributed by atoms with van der Waals surface area (Å²) >= 11 is 1.56. The van der Waals surface area contributed by atoms with Crippen LogP contribution in [0.25, 0.3) is 21.3 Å². The molecule has 1 fully saturated rings. The van der Waals surface area contributed by atoms with Crippen LogP contribution in [0.2, 0.25) is 0 Å². The number of hydrogen-bond donors (Lipinski definition) is 1. The lowest BCUT2D eigenvalue weighted by Gasteiger charge is -2.29. The van der Waals surface area contributed by atoms with E-state index in [2.05, 4.69) is 25.4 Å². The third kappa shape index (κ3) is 4.29. The maximum Gasteiger partial charge on any atom is 0.228 e. The lowest BCUT2D eigenvalue weighted by molar-refractivity contribution is -0.120. The minimum absolute atomic E-state index is 0.0727. The molecule has 0 saturated carbocycles. The number of amides is 1. The minimum atomic E-state index is -0.0851. The van der Waals surface area contributed by atoms with Crippen molar-refractivity contribution in [1.82, 2.24) is 20.1 Å². The van der Waals surface area contributed by atoms with Crippen molar-refractivity contribution < 1.29 is 9.53 Å². The number of fused-ring (bicyclic) bond motifs is 1. The van der Waals surface area contributed by atoms with E-state index in [-0.39, 0.29) is 12.0 Å². The number of carbonyl (C=O) groups excluding carboxylic acids is 1. The number of anilines is 1. The molecular formula is C19H21N5O2S. The van der Waals surface area contributed by atoms with E-state index in [1.54, 1.807) is 17.5 Å². The molecule has 1 saturated heterocycles. The van der Waals surface area contributed by atoms with Gasteiger partial charge >= 0.3 is 0 Å². The summed E-state index contributed by atoms with van der Waals surface area (Å²) in [5, 5.41) is 15.0. The largest absolute Gasteiger partial charge is 0.375 e. The Morgan fingerprint density at radius 3 is 3.00 bits per heavy atom. The van der Waals surface area contributed by atoms with Gasteiger partial charge in [-0.1, -0.05) is 23.5 Å². The third-order valence-electron chi connectivity index (χ3n) is 4.52. The Balaban J connectivity index is 1.49. The molecule has 1 unspecified atom stereocenters. The van der Waals surface area contributed by atoms with E-state index in [1.165, 1.54) is 0 Å². The maximum atomic E-state index is 12.3. The smallest absolute Gasteiger partial charge is 0.228 e. The molecule has 27 heavy (non-hydrogen) atoms. The second kappa shape index (κ2) is 7.67. The second-order valence-corrected chi connectivity index (χ2v) is 7.95. The Labute approximate surface area is 161 Å². The summed E-state index contributed by atoms with van der Waals surface area (Å²) in [5.74, 6) is 0.459. The normalized spacial score (nSPS) is 17.9. The fraction of sp³-hybridized carbons (Fsp3) is 0.368. The van der Waals surface area contributed by atoms with E-state index >= 15 is 0 Å². The van der Waals surface area contributed by atoms with Crippen molar-refractivity contribution in [2.45, 2.75) is 19.4 Å². The standard InChI is InChI=1S/C19H21N5O2S/c1-12-22-23-19(27-12)13-3-4-14-10-20-17(8-15(14)7-13)21-18(25)9-16-11-24(2)5-6-26-16/h3-4,7-8,10,16H,5-6,9,11H2,1-2H3,(H,20,21,25). The number of hydrogen-bond acceptors (Lipinski definition) is 7. The first-order valence-corrected chi connectivity index (χ1v) is 9.69. The van der Waals surface area contributed by atoms with Crippen molar-refractivity contribution in [2.75, 3.05) is 32.1 Å². The van der Waals surface area contributed by atoms with Crippen LogP contribution in [0.5, 0.6) is 0 Å². The fourth-order valence-electron chi connectivity index (χ4n) is 3.15. The number of nitrogens with zero attached hydrogens (tertiary/aromatic N) is 4. The van der Waals surface area contributed by atoms with Gasteiger partial charge in [-0.3, -0.25) is 4.79 Å². The van der Waals surface area contributed by atoms with Crippen LogP contribution in [0.1, 0.15) is 11.4 Å². The van der Waals surface area contributed by atoms with E-state index in [0.717, 1.165) is 39.4 Å². The van der Waals surface area contributed by atoms with Crippen LogP contribution in [0.4, 0.5) is 5.82 Å². The maximum absolute atomic E-state index is 12.3. The van der Waals surface area contributed by atoms with Crippen molar-refractivity contribution in [2.24, 2.45) is 0 Å². The van der Waals surface area contributed by atoms with Crippen molar-refractivity contribution in [1.29, 1.82) is 0 Å². The zero-order valence-corrected chi connectivity index (χ0v) is 16.1. The third-order valence-corrected chi connectivity index (χ3v) is 5.40. The molecule has 1 amide bonds. The fourth-order valence-corrected chi connectivity index (χ4v) is 3.83. The zero-order valence-electron chi connectivity index (χ0n) is 15.3. The predicted octanol–water partition coefficient (Wildman–Crippen LogP) is 2.72. The number of rotatable bonds is 4. The highest BCUT2D eigenvalue weighted by Gasteiger charge is 2.21. The van der Waals surface area contributed by atoms with Gasteiger partial charge in [-0.15, -0.1) is 10.2 Å². The molecule has 1 aromatic carbocycles. The lowest BCUT2D eigenvalue weighted by Crippen LogP contribution is -2.41. The van der Waals surface area contributed by atoms with E-state index in [1.807, 2.05) is 38.2 Å². The first kappa shape index (κ1) is 18.0. The van der Waals surface area contributed by atoms with Crippen LogP contribution >= 0.6 is 11.3 Å². The Morgan fingerprint density at radius 1 is 1.33 bits per heavy atom. The molecule has 1 N–H and O–H groups in total. The molecule has 2 aromatic heterocycles. The molecule has 4 rings (SSSR count). The molecule has 1 aliphatic heterocycles. The Bertz CT molecular complexity index is 974. The number of aromatic nitrogens is 3. The van der Waals surface area contributed by atoms with Crippen molar-refractivity contribution in [3.05, 3.63) is 35.5 Å². The van der Waals surface area contributed by atoms with Crippen LogP contribution in [0, 0.1) is 6.92 Å². The second-order valence-electron chi connectivity index (χ2n) is 6.77. The monoisotopic (exact) mass is 383 g/mol. The molecule has 0 bridgehead atoms. The Morgan fingerprint density at radius 2 is 2.22 bits per heavy atom. The van der Waals surface area contributed by atoms with Gasteiger partial charge in [0, 0.05) is 30.2 Å². The first-order valence-electron chi connectivity index (χ1n) is 8.87. The van der Waals surface area contributed by atoms with Crippen LogP contribution in [0.15, 0.2) is 30.5 Å². The molecule has 140 valence electrons. The van der Waals surface area contributed by atoms with E-state index in [9.17, 15) is 4.79 Å². The number of morpholine rings is 1. The average Bonchev–Trinajstić information content (AvgIpc) is 3.07. The van der Waals surface area contributed by atoms with Crippen molar-refractivity contribution >= 4 is 33.8 Å². The molecule has 3 aromatic rings. The molecule has 0 spiro atoms. The van der Waals surface area contributed by atoms with Gasteiger partial charge in [0.05, 0.1) is 19.1 Å². The van der Waals surface area contributed by atoms with Crippen molar-refractivity contribution in [3.63, 3.8) is 0 Å². The quantitative estimate of drug-likeness (QED) is 0.746. The van der Waals surface area contributed by atoms with E-state index in [4.69, 9.17) is 4.74 Å². The highest BCUT2D eigenvalue weighted by atomic mass is 32.1. The molecule has 3 heterocycles. The van der Waals surface area contributed by atoms with Crippen LogP contribution < -0.4 is 5.32 Å². The molecule has 8 heteroatoms. The molecule has 1 aliphatic rings. The molecule has 0 radical (unpaired) electrons. The minimum Gasteiger partial charge on any atom is -0.375 e. The summed E-state index contributed by atoms with van der Waals surface area (Å²) < 4.78 is 5.66. The van der Waals surface area contributed by atoms with Gasteiger partial charge in [-0.2, -0.15) is 0 Å². The summed E-state index contributed by atoms with van der Waals surface area (Å²) in [4.78, 5) is 18.9. The number of carbonyl (C=O) groups is 1. The molecule has 1 atom stereocenters. The van der Waals surface area contributed by atoms with Gasteiger partial charge in [-0.25, -0.2) is 4.98 Å². The summed E-state index contributed by atoms with van der Waals surface area (Å²) in [5.41, 5.74) is 1.01. The van der Waals surface area contributed by atoms with Gasteiger partial charge in [0.25, 0.3) is 0 Å². The average molecular weight is 383 g/mol. The number of aryl methyl sites for hydroxylation is 1.